The highest BCUT2D eigenvalue weighted by atomic mass is 127. The van der Waals surface area contributed by atoms with Gasteiger partial charge >= 0.3 is 0 Å². The number of guanidine groups is 1. The molecule has 3 N–H and O–H groups in total. The lowest BCUT2D eigenvalue weighted by Gasteiger charge is -2.31. The van der Waals surface area contributed by atoms with Crippen LogP contribution in [0.4, 0.5) is 0 Å². The molecule has 1 fully saturated rings. The number of nitrogens with one attached hydrogen (secondary N) is 3. The second kappa shape index (κ2) is 13.1. The predicted molar refractivity (Wildman–Crippen MR) is 109 cm³/mol. The maximum absolute atomic E-state index is 11.0. The van der Waals surface area contributed by atoms with Crippen molar-refractivity contribution in [3.63, 3.8) is 0 Å². The maximum atomic E-state index is 11.0. The Labute approximate surface area is 163 Å². The molecule has 0 spiro atoms. The molecule has 1 atom stereocenters. The molecular weight excluding hydrogens is 445 g/mol. The zero-order chi connectivity index (χ0) is 17.1. The van der Waals surface area contributed by atoms with Crippen LogP contribution in [0.1, 0.15) is 20.3 Å². The molecule has 1 saturated heterocycles. The van der Waals surface area contributed by atoms with Gasteiger partial charge in [0.15, 0.2) is 5.96 Å². The number of sulfonamides is 1. The van der Waals surface area contributed by atoms with Crippen molar-refractivity contribution in [2.45, 2.75) is 26.3 Å². The van der Waals surface area contributed by atoms with Crippen molar-refractivity contribution in [2.24, 2.45) is 4.99 Å². The monoisotopic (exact) mass is 477 g/mol. The van der Waals surface area contributed by atoms with E-state index in [1.807, 2.05) is 6.92 Å². The number of hydrogen-bond donors (Lipinski definition) is 3. The first kappa shape index (κ1) is 23.8. The van der Waals surface area contributed by atoms with Gasteiger partial charge in [0, 0.05) is 38.8 Å². The zero-order valence-corrected chi connectivity index (χ0v) is 18.0. The van der Waals surface area contributed by atoms with Crippen molar-refractivity contribution < 1.29 is 13.2 Å². The molecule has 0 aromatic heterocycles. The molecule has 0 amide bonds. The van der Waals surface area contributed by atoms with Crippen LogP contribution in [-0.2, 0) is 14.8 Å². The minimum absolute atomic E-state index is 0. The molecule has 0 aromatic carbocycles. The minimum atomic E-state index is -3.11. The smallest absolute Gasteiger partial charge is 0.208 e. The SMILES string of the molecule is CCNC(=NCC(C)N1CCOCC1)NCCCNS(C)(=O)=O.I. The maximum Gasteiger partial charge on any atom is 0.208 e. The Kier molecular flexibility index (Phi) is 13.0. The highest BCUT2D eigenvalue weighted by molar-refractivity contribution is 14.0. The molecule has 0 saturated carbocycles. The summed E-state index contributed by atoms with van der Waals surface area (Å²) in [6.07, 6.45) is 1.87. The number of nitrogens with zero attached hydrogens (tertiary/aromatic N) is 2. The van der Waals surface area contributed by atoms with Crippen LogP contribution >= 0.6 is 24.0 Å². The molecule has 8 nitrogen and oxygen atoms in total. The lowest BCUT2D eigenvalue weighted by molar-refractivity contribution is 0.0220. The summed E-state index contributed by atoms with van der Waals surface area (Å²) in [5.74, 6) is 0.770. The first-order valence-electron chi connectivity index (χ1n) is 8.21. The summed E-state index contributed by atoms with van der Waals surface area (Å²) in [7, 11) is -3.11. The van der Waals surface area contributed by atoms with Crippen LogP contribution in [0.3, 0.4) is 0 Å². The fourth-order valence-electron chi connectivity index (χ4n) is 2.25. The third-order valence-corrected chi connectivity index (χ3v) is 4.27. The van der Waals surface area contributed by atoms with Gasteiger partial charge < -0.3 is 15.4 Å². The lowest BCUT2D eigenvalue weighted by atomic mass is 10.2. The standard InChI is InChI=1S/C14H31N5O3S.HI/c1-4-15-14(16-6-5-7-18-23(3,20)21)17-12-13(2)19-8-10-22-11-9-19;/h13,18H,4-12H2,1-3H3,(H2,15,16,17);1H. The van der Waals surface area contributed by atoms with E-state index >= 15 is 0 Å². The highest BCUT2D eigenvalue weighted by Gasteiger charge is 2.16. The Hall–Kier alpha value is -0.170. The van der Waals surface area contributed by atoms with Gasteiger partial charge in [-0.1, -0.05) is 0 Å². The quantitative estimate of drug-likeness (QED) is 0.185. The van der Waals surface area contributed by atoms with Gasteiger partial charge in [0.25, 0.3) is 0 Å². The van der Waals surface area contributed by atoms with Crippen molar-refractivity contribution in [2.75, 3.05) is 58.7 Å². The average Bonchev–Trinajstić information content (AvgIpc) is 2.51. The van der Waals surface area contributed by atoms with Gasteiger partial charge in [0.05, 0.1) is 26.0 Å². The topological polar surface area (TPSA) is 95.1 Å². The molecule has 1 aliphatic heterocycles. The number of hydrogen-bond acceptors (Lipinski definition) is 5. The van der Waals surface area contributed by atoms with E-state index in [9.17, 15) is 8.42 Å². The number of halogens is 1. The van der Waals surface area contributed by atoms with Crippen molar-refractivity contribution in [1.82, 2.24) is 20.3 Å². The lowest BCUT2D eigenvalue weighted by Crippen LogP contribution is -2.44. The molecule has 0 radical (unpaired) electrons. The summed E-state index contributed by atoms with van der Waals surface area (Å²) >= 11 is 0. The molecule has 1 unspecified atom stereocenters. The van der Waals surface area contributed by atoms with Crippen molar-refractivity contribution >= 4 is 40.0 Å². The Balaban J connectivity index is 0.00000529. The molecular formula is C14H32IN5O3S. The van der Waals surface area contributed by atoms with E-state index in [0.717, 1.165) is 45.4 Å². The highest BCUT2D eigenvalue weighted by Crippen LogP contribution is 2.03. The van der Waals surface area contributed by atoms with Crippen LogP contribution in [0.2, 0.25) is 0 Å². The Bertz CT molecular complexity index is 455. The fourth-order valence-corrected chi connectivity index (χ4v) is 2.77. The molecule has 0 aliphatic carbocycles. The van der Waals surface area contributed by atoms with Gasteiger partial charge in [-0.2, -0.15) is 0 Å². The van der Waals surface area contributed by atoms with Crippen LogP contribution in [0, 0.1) is 0 Å². The van der Waals surface area contributed by atoms with Gasteiger partial charge in [-0.3, -0.25) is 9.89 Å². The van der Waals surface area contributed by atoms with E-state index in [1.54, 1.807) is 0 Å². The molecule has 144 valence electrons. The van der Waals surface area contributed by atoms with Gasteiger partial charge in [-0.25, -0.2) is 13.1 Å². The normalized spacial score (nSPS) is 17.9. The number of morpholine rings is 1. The van der Waals surface area contributed by atoms with Crippen molar-refractivity contribution in [3.8, 4) is 0 Å². The summed E-state index contributed by atoms with van der Waals surface area (Å²) in [5, 5.41) is 6.43. The average molecular weight is 477 g/mol. The molecule has 24 heavy (non-hydrogen) atoms. The second-order valence-corrected chi connectivity index (χ2v) is 7.50. The Morgan fingerprint density at radius 1 is 1.25 bits per heavy atom. The minimum Gasteiger partial charge on any atom is -0.379 e. The third-order valence-electron chi connectivity index (χ3n) is 3.54. The Morgan fingerprint density at radius 2 is 1.92 bits per heavy atom. The van der Waals surface area contributed by atoms with Crippen LogP contribution in [-0.4, -0.2) is 84.1 Å². The van der Waals surface area contributed by atoms with Gasteiger partial charge in [-0.15, -0.1) is 24.0 Å². The van der Waals surface area contributed by atoms with E-state index in [4.69, 9.17) is 4.74 Å². The Morgan fingerprint density at radius 3 is 2.50 bits per heavy atom. The largest absolute Gasteiger partial charge is 0.379 e. The van der Waals surface area contributed by atoms with Gasteiger partial charge in [-0.05, 0) is 20.3 Å². The third kappa shape index (κ3) is 11.4. The van der Waals surface area contributed by atoms with Crippen LogP contribution < -0.4 is 15.4 Å². The van der Waals surface area contributed by atoms with Crippen molar-refractivity contribution in [3.05, 3.63) is 0 Å². The van der Waals surface area contributed by atoms with E-state index in [2.05, 4.69) is 32.2 Å². The predicted octanol–water partition coefficient (Wildman–Crippen LogP) is -0.180. The first-order chi connectivity index (χ1) is 10.9. The summed E-state index contributed by atoms with van der Waals surface area (Å²) in [6.45, 7) is 10.3. The summed E-state index contributed by atoms with van der Waals surface area (Å²) < 4.78 is 29.8. The number of ether oxygens (including phenoxy) is 1. The first-order valence-corrected chi connectivity index (χ1v) is 10.1. The van der Waals surface area contributed by atoms with E-state index < -0.39 is 10.0 Å². The van der Waals surface area contributed by atoms with Gasteiger partial charge in [0.1, 0.15) is 0 Å². The van der Waals surface area contributed by atoms with Crippen LogP contribution in [0.15, 0.2) is 4.99 Å². The fraction of sp³-hybridized carbons (Fsp3) is 0.929. The zero-order valence-electron chi connectivity index (χ0n) is 14.9. The van der Waals surface area contributed by atoms with Crippen LogP contribution in [0.5, 0.6) is 0 Å². The van der Waals surface area contributed by atoms with Crippen molar-refractivity contribution in [1.29, 1.82) is 0 Å². The second-order valence-electron chi connectivity index (χ2n) is 5.66. The van der Waals surface area contributed by atoms with Gasteiger partial charge in [0.2, 0.25) is 10.0 Å². The summed E-state index contributed by atoms with van der Waals surface area (Å²) in [5.41, 5.74) is 0. The molecule has 1 heterocycles. The molecule has 0 bridgehead atoms. The molecule has 1 rings (SSSR count). The number of rotatable bonds is 9. The van der Waals surface area contributed by atoms with E-state index in [1.165, 1.54) is 6.26 Å². The van der Waals surface area contributed by atoms with Crippen LogP contribution in [0.25, 0.3) is 0 Å². The van der Waals surface area contributed by atoms with E-state index in [-0.39, 0.29) is 24.0 Å². The molecule has 10 heteroatoms. The summed E-state index contributed by atoms with van der Waals surface area (Å²) in [4.78, 5) is 6.99. The molecule has 1 aliphatic rings. The van der Waals surface area contributed by atoms with E-state index in [0.29, 0.717) is 25.6 Å². The molecule has 0 aromatic rings. The number of aliphatic imine (C=N–C) groups is 1. The summed E-state index contributed by atoms with van der Waals surface area (Å²) in [6, 6.07) is 0.376.